The lowest BCUT2D eigenvalue weighted by Crippen LogP contribution is -2.12. The van der Waals surface area contributed by atoms with Crippen LogP contribution >= 0.6 is 31.9 Å². The fourth-order valence-corrected chi connectivity index (χ4v) is 2.81. The molecule has 19 heavy (non-hydrogen) atoms. The van der Waals surface area contributed by atoms with E-state index in [0.29, 0.717) is 11.3 Å². The topological polar surface area (TPSA) is 34.9 Å². The standard InChI is InChI=1S/C14H14Br2N2O/c1-3-6-18-13(12(16)8-17-18)14(19)10-7-9(2)4-5-11(10)15/h4-5,7-8H,3,6H2,1-2H3. The molecule has 0 N–H and O–H groups in total. The van der Waals surface area contributed by atoms with Gasteiger partial charge in [0.2, 0.25) is 5.78 Å². The van der Waals surface area contributed by atoms with E-state index in [1.54, 1.807) is 10.9 Å². The summed E-state index contributed by atoms with van der Waals surface area (Å²) in [5.41, 5.74) is 2.33. The molecule has 3 nitrogen and oxygen atoms in total. The quantitative estimate of drug-likeness (QED) is 0.733. The van der Waals surface area contributed by atoms with Crippen LogP contribution in [0.2, 0.25) is 0 Å². The lowest BCUT2D eigenvalue weighted by molar-refractivity contribution is 0.102. The number of benzene rings is 1. The summed E-state index contributed by atoms with van der Waals surface area (Å²) in [6, 6.07) is 5.76. The molecule has 0 saturated carbocycles. The van der Waals surface area contributed by atoms with Gasteiger partial charge in [0.1, 0.15) is 5.69 Å². The molecule has 0 aliphatic rings. The summed E-state index contributed by atoms with van der Waals surface area (Å²) < 4.78 is 3.29. The highest BCUT2D eigenvalue weighted by Crippen LogP contribution is 2.25. The maximum Gasteiger partial charge on any atom is 0.213 e. The molecular weight excluding hydrogens is 372 g/mol. The lowest BCUT2D eigenvalue weighted by atomic mass is 10.1. The summed E-state index contributed by atoms with van der Waals surface area (Å²) >= 11 is 6.85. The Bertz CT molecular complexity index is 620. The molecule has 0 aliphatic carbocycles. The van der Waals surface area contributed by atoms with Gasteiger partial charge in [-0.05, 0) is 41.4 Å². The second kappa shape index (κ2) is 6.01. The molecule has 0 unspecified atom stereocenters. The third-order valence-corrected chi connectivity index (χ3v) is 4.08. The highest BCUT2D eigenvalue weighted by molar-refractivity contribution is 9.10. The zero-order valence-corrected chi connectivity index (χ0v) is 14.0. The lowest BCUT2D eigenvalue weighted by Gasteiger charge is -2.08. The number of ketones is 1. The van der Waals surface area contributed by atoms with Gasteiger partial charge in [0, 0.05) is 16.6 Å². The number of rotatable bonds is 4. The number of halogens is 2. The van der Waals surface area contributed by atoms with Crippen molar-refractivity contribution in [1.82, 2.24) is 9.78 Å². The van der Waals surface area contributed by atoms with Crippen LogP contribution < -0.4 is 0 Å². The number of hydrogen-bond acceptors (Lipinski definition) is 2. The van der Waals surface area contributed by atoms with E-state index in [1.807, 2.05) is 25.1 Å². The summed E-state index contributed by atoms with van der Waals surface area (Å²) in [7, 11) is 0. The Morgan fingerprint density at radius 2 is 2.05 bits per heavy atom. The van der Waals surface area contributed by atoms with Gasteiger partial charge in [0.25, 0.3) is 0 Å². The van der Waals surface area contributed by atoms with Gasteiger partial charge in [-0.1, -0.05) is 34.5 Å². The average Bonchev–Trinajstić information content (AvgIpc) is 2.73. The minimum Gasteiger partial charge on any atom is -0.287 e. The van der Waals surface area contributed by atoms with Crippen LogP contribution in [0.25, 0.3) is 0 Å². The predicted molar refractivity (Wildman–Crippen MR) is 82.5 cm³/mol. The second-order valence-electron chi connectivity index (χ2n) is 4.38. The first-order valence-corrected chi connectivity index (χ1v) is 7.65. The van der Waals surface area contributed by atoms with Crippen LogP contribution in [-0.2, 0) is 6.54 Å². The molecule has 0 bridgehead atoms. The Morgan fingerprint density at radius 1 is 1.32 bits per heavy atom. The van der Waals surface area contributed by atoms with Crippen LogP contribution in [0.15, 0.2) is 33.3 Å². The Labute approximate surface area is 129 Å². The highest BCUT2D eigenvalue weighted by Gasteiger charge is 2.20. The second-order valence-corrected chi connectivity index (χ2v) is 6.09. The normalized spacial score (nSPS) is 10.7. The molecule has 2 aromatic rings. The van der Waals surface area contributed by atoms with Crippen molar-refractivity contribution < 1.29 is 4.79 Å². The molecule has 0 amide bonds. The molecule has 1 aromatic heterocycles. The van der Waals surface area contributed by atoms with Gasteiger partial charge in [-0.2, -0.15) is 5.10 Å². The van der Waals surface area contributed by atoms with E-state index in [2.05, 4.69) is 43.9 Å². The number of hydrogen-bond donors (Lipinski definition) is 0. The average molecular weight is 386 g/mol. The summed E-state index contributed by atoms with van der Waals surface area (Å²) in [5.74, 6) is -0.0200. The minimum absolute atomic E-state index is 0.0200. The van der Waals surface area contributed by atoms with Crippen LogP contribution in [0.1, 0.15) is 35.0 Å². The smallest absolute Gasteiger partial charge is 0.213 e. The predicted octanol–water partition coefficient (Wildman–Crippen LogP) is 4.36. The van der Waals surface area contributed by atoms with Crippen LogP contribution in [0.3, 0.4) is 0 Å². The van der Waals surface area contributed by atoms with Crippen molar-refractivity contribution >= 4 is 37.6 Å². The van der Waals surface area contributed by atoms with Crippen LogP contribution in [0, 0.1) is 6.92 Å². The van der Waals surface area contributed by atoms with Gasteiger partial charge in [0.15, 0.2) is 0 Å². The maximum atomic E-state index is 12.7. The summed E-state index contributed by atoms with van der Waals surface area (Å²) in [6.45, 7) is 4.77. The van der Waals surface area contributed by atoms with Gasteiger partial charge in [-0.25, -0.2) is 0 Å². The molecule has 0 radical (unpaired) electrons. The molecular formula is C14H14Br2N2O. The van der Waals surface area contributed by atoms with E-state index in [9.17, 15) is 4.79 Å². The summed E-state index contributed by atoms with van der Waals surface area (Å²) in [4.78, 5) is 12.7. The molecule has 1 heterocycles. The van der Waals surface area contributed by atoms with E-state index in [0.717, 1.165) is 27.5 Å². The van der Waals surface area contributed by atoms with Crippen LogP contribution in [-0.4, -0.2) is 15.6 Å². The summed E-state index contributed by atoms with van der Waals surface area (Å²) in [6.07, 6.45) is 2.61. The molecule has 0 spiro atoms. The molecule has 100 valence electrons. The number of nitrogens with zero attached hydrogens (tertiary/aromatic N) is 2. The van der Waals surface area contributed by atoms with Crippen LogP contribution in [0.5, 0.6) is 0 Å². The van der Waals surface area contributed by atoms with Crippen molar-refractivity contribution in [3.63, 3.8) is 0 Å². The van der Waals surface area contributed by atoms with E-state index in [1.165, 1.54) is 0 Å². The molecule has 5 heteroatoms. The van der Waals surface area contributed by atoms with Gasteiger partial charge in [-0.15, -0.1) is 0 Å². The SMILES string of the molecule is CCCn1ncc(Br)c1C(=O)c1cc(C)ccc1Br. The fourth-order valence-electron chi connectivity index (χ4n) is 1.91. The van der Waals surface area contributed by atoms with Crippen LogP contribution in [0.4, 0.5) is 0 Å². The van der Waals surface area contributed by atoms with Crippen molar-refractivity contribution in [3.8, 4) is 0 Å². The third kappa shape index (κ3) is 2.98. The number of aromatic nitrogens is 2. The van der Waals surface area contributed by atoms with Crippen molar-refractivity contribution in [2.75, 3.05) is 0 Å². The van der Waals surface area contributed by atoms with Crippen molar-refractivity contribution in [2.24, 2.45) is 0 Å². The Hall–Kier alpha value is -0.940. The molecule has 0 atom stereocenters. The molecule has 0 saturated heterocycles. The Morgan fingerprint density at radius 3 is 2.74 bits per heavy atom. The third-order valence-electron chi connectivity index (χ3n) is 2.81. The fraction of sp³-hybridized carbons (Fsp3) is 0.286. The van der Waals surface area contributed by atoms with E-state index < -0.39 is 0 Å². The number of carbonyl (C=O) groups is 1. The largest absolute Gasteiger partial charge is 0.287 e. The maximum absolute atomic E-state index is 12.7. The summed E-state index contributed by atoms with van der Waals surface area (Å²) in [5, 5.41) is 4.24. The van der Waals surface area contributed by atoms with Crippen molar-refractivity contribution in [1.29, 1.82) is 0 Å². The number of aryl methyl sites for hydroxylation is 2. The zero-order chi connectivity index (χ0) is 14.0. The van der Waals surface area contributed by atoms with Gasteiger partial charge >= 0.3 is 0 Å². The van der Waals surface area contributed by atoms with E-state index >= 15 is 0 Å². The molecule has 1 aromatic carbocycles. The van der Waals surface area contributed by atoms with Gasteiger partial charge in [0.05, 0.1) is 10.7 Å². The van der Waals surface area contributed by atoms with Gasteiger partial charge < -0.3 is 0 Å². The Kier molecular flexibility index (Phi) is 4.58. The van der Waals surface area contributed by atoms with Crippen molar-refractivity contribution in [2.45, 2.75) is 26.8 Å². The zero-order valence-electron chi connectivity index (χ0n) is 10.8. The molecule has 2 rings (SSSR count). The van der Waals surface area contributed by atoms with Crippen molar-refractivity contribution in [3.05, 3.63) is 50.2 Å². The number of carbonyl (C=O) groups excluding carboxylic acids is 1. The Balaban J connectivity index is 2.49. The van der Waals surface area contributed by atoms with Gasteiger partial charge in [-0.3, -0.25) is 9.48 Å². The first-order chi connectivity index (χ1) is 9.04. The minimum atomic E-state index is -0.0200. The van der Waals surface area contributed by atoms with E-state index in [-0.39, 0.29) is 5.78 Å². The molecule has 0 fully saturated rings. The highest BCUT2D eigenvalue weighted by atomic mass is 79.9. The molecule has 0 aliphatic heterocycles. The first-order valence-electron chi connectivity index (χ1n) is 6.06. The first kappa shape index (κ1) is 14.5. The monoisotopic (exact) mass is 384 g/mol. The van der Waals surface area contributed by atoms with E-state index in [4.69, 9.17) is 0 Å².